The summed E-state index contributed by atoms with van der Waals surface area (Å²) in [6.07, 6.45) is 0. The highest BCUT2D eigenvalue weighted by molar-refractivity contribution is 5.53. The molecular weight excluding hydrogens is 176 g/mol. The Hall–Kier alpha value is -1.18. The van der Waals surface area contributed by atoms with Crippen molar-refractivity contribution in [2.24, 2.45) is 0 Å². The van der Waals surface area contributed by atoms with Gasteiger partial charge in [0.15, 0.2) is 0 Å². The van der Waals surface area contributed by atoms with Crippen LogP contribution in [-0.2, 0) is 5.41 Å². The number of hydrogen-bond acceptors (Lipinski definition) is 2. The maximum absolute atomic E-state index is 9.77. The summed E-state index contributed by atoms with van der Waals surface area (Å²) >= 11 is 0. The van der Waals surface area contributed by atoms with Gasteiger partial charge in [0.05, 0.1) is 0 Å². The van der Waals surface area contributed by atoms with E-state index in [1.165, 1.54) is 0 Å². The zero-order valence-corrected chi connectivity index (χ0v) is 9.47. The smallest absolute Gasteiger partial charge is 0.125 e. The van der Waals surface area contributed by atoms with Crippen molar-refractivity contribution in [2.75, 3.05) is 0 Å². The van der Waals surface area contributed by atoms with E-state index in [4.69, 9.17) is 0 Å². The van der Waals surface area contributed by atoms with Crippen LogP contribution in [0.3, 0.4) is 0 Å². The number of rotatable bonds is 0. The molecule has 2 heteroatoms. The van der Waals surface area contributed by atoms with E-state index < -0.39 is 0 Å². The molecule has 0 fully saturated rings. The lowest BCUT2D eigenvalue weighted by molar-refractivity contribution is 0.433. The van der Waals surface area contributed by atoms with Gasteiger partial charge in [0.2, 0.25) is 0 Å². The molecule has 0 aliphatic heterocycles. The van der Waals surface area contributed by atoms with Gasteiger partial charge in [0.1, 0.15) is 11.5 Å². The lowest BCUT2D eigenvalue weighted by Crippen LogP contribution is -2.13. The summed E-state index contributed by atoms with van der Waals surface area (Å²) in [4.78, 5) is 0. The van der Waals surface area contributed by atoms with Crippen LogP contribution in [0.2, 0.25) is 0 Å². The molecule has 0 bridgehead atoms. The van der Waals surface area contributed by atoms with Crippen LogP contribution in [0.25, 0.3) is 0 Å². The van der Waals surface area contributed by atoms with E-state index in [2.05, 4.69) is 20.8 Å². The van der Waals surface area contributed by atoms with Crippen LogP contribution in [0.1, 0.15) is 37.5 Å². The normalized spacial score (nSPS) is 11.8. The van der Waals surface area contributed by atoms with Crippen molar-refractivity contribution in [2.45, 2.75) is 40.0 Å². The van der Waals surface area contributed by atoms with Gasteiger partial charge in [-0.3, -0.25) is 0 Å². The first-order valence-corrected chi connectivity index (χ1v) is 4.77. The molecular formula is C12H18O2. The Morgan fingerprint density at radius 3 is 1.93 bits per heavy atom. The first-order valence-electron chi connectivity index (χ1n) is 4.77. The van der Waals surface area contributed by atoms with Gasteiger partial charge in [-0.15, -0.1) is 0 Å². The van der Waals surface area contributed by atoms with E-state index in [0.29, 0.717) is 5.56 Å². The number of benzene rings is 1. The minimum atomic E-state index is -0.0628. The molecule has 2 nitrogen and oxygen atoms in total. The van der Waals surface area contributed by atoms with Gasteiger partial charge in [-0.1, -0.05) is 20.8 Å². The molecule has 1 aromatic rings. The van der Waals surface area contributed by atoms with Crippen LogP contribution in [0.5, 0.6) is 11.5 Å². The van der Waals surface area contributed by atoms with Crippen molar-refractivity contribution in [1.29, 1.82) is 0 Å². The van der Waals surface area contributed by atoms with Crippen LogP contribution < -0.4 is 0 Å². The van der Waals surface area contributed by atoms with Crippen LogP contribution in [0.4, 0.5) is 0 Å². The molecule has 0 amide bonds. The summed E-state index contributed by atoms with van der Waals surface area (Å²) in [5.74, 6) is 0.368. The first-order chi connectivity index (χ1) is 6.25. The standard InChI is InChI=1S/C12H18O2/c1-7-9(12(3,4)5)6-10(13)8(2)11(7)14/h6,13-14H,1-5H3. The molecule has 0 aliphatic rings. The Morgan fingerprint density at radius 2 is 1.50 bits per heavy atom. The van der Waals surface area contributed by atoms with E-state index in [9.17, 15) is 10.2 Å². The van der Waals surface area contributed by atoms with Gasteiger partial charge in [-0.2, -0.15) is 0 Å². The Balaban J connectivity index is 3.49. The third-order valence-electron chi connectivity index (χ3n) is 2.59. The SMILES string of the molecule is Cc1c(O)cc(C(C)(C)C)c(C)c1O. The predicted octanol–water partition coefficient (Wildman–Crippen LogP) is 3.01. The minimum Gasteiger partial charge on any atom is -0.508 e. The fraction of sp³-hybridized carbons (Fsp3) is 0.500. The molecule has 1 aromatic carbocycles. The molecule has 0 radical (unpaired) electrons. The van der Waals surface area contributed by atoms with E-state index in [1.54, 1.807) is 13.0 Å². The summed E-state index contributed by atoms with van der Waals surface area (Å²) in [6, 6.07) is 1.74. The molecule has 0 heterocycles. The second-order valence-electron chi connectivity index (χ2n) is 4.79. The van der Waals surface area contributed by atoms with Crippen LogP contribution >= 0.6 is 0 Å². The Kier molecular flexibility index (Phi) is 2.49. The molecule has 0 aliphatic carbocycles. The number of phenolic OH excluding ortho intramolecular Hbond substituents is 2. The molecule has 2 N–H and O–H groups in total. The molecule has 14 heavy (non-hydrogen) atoms. The highest BCUT2D eigenvalue weighted by Gasteiger charge is 2.20. The first kappa shape index (κ1) is 10.9. The number of phenols is 2. The Labute approximate surface area is 85.2 Å². The summed E-state index contributed by atoms with van der Waals surface area (Å²) in [5.41, 5.74) is 2.33. The van der Waals surface area contributed by atoms with Crippen molar-refractivity contribution in [1.82, 2.24) is 0 Å². The molecule has 0 aromatic heterocycles. The molecule has 0 saturated carbocycles. The average molecular weight is 194 g/mol. The quantitative estimate of drug-likeness (QED) is 0.666. The van der Waals surface area contributed by atoms with E-state index in [1.807, 2.05) is 6.92 Å². The fourth-order valence-electron chi connectivity index (χ4n) is 1.66. The molecule has 0 spiro atoms. The van der Waals surface area contributed by atoms with E-state index in [-0.39, 0.29) is 16.9 Å². The zero-order chi connectivity index (χ0) is 11.1. The van der Waals surface area contributed by atoms with E-state index >= 15 is 0 Å². The number of aromatic hydroxyl groups is 2. The van der Waals surface area contributed by atoms with E-state index in [0.717, 1.165) is 11.1 Å². The lowest BCUT2D eigenvalue weighted by atomic mass is 9.83. The Bertz CT molecular complexity index is 360. The maximum Gasteiger partial charge on any atom is 0.125 e. The highest BCUT2D eigenvalue weighted by atomic mass is 16.3. The van der Waals surface area contributed by atoms with Crippen molar-refractivity contribution in [3.63, 3.8) is 0 Å². The predicted molar refractivity (Wildman–Crippen MR) is 57.9 cm³/mol. The van der Waals surface area contributed by atoms with Gasteiger partial charge in [0, 0.05) is 5.56 Å². The summed E-state index contributed by atoms with van der Waals surface area (Å²) in [5, 5.41) is 19.4. The molecule has 1 rings (SSSR count). The maximum atomic E-state index is 9.77. The second kappa shape index (κ2) is 3.19. The van der Waals surface area contributed by atoms with Gasteiger partial charge >= 0.3 is 0 Å². The molecule has 0 saturated heterocycles. The zero-order valence-electron chi connectivity index (χ0n) is 9.47. The largest absolute Gasteiger partial charge is 0.508 e. The lowest BCUT2D eigenvalue weighted by Gasteiger charge is -2.23. The van der Waals surface area contributed by atoms with Crippen molar-refractivity contribution < 1.29 is 10.2 Å². The van der Waals surface area contributed by atoms with Gasteiger partial charge in [0.25, 0.3) is 0 Å². The third-order valence-corrected chi connectivity index (χ3v) is 2.59. The van der Waals surface area contributed by atoms with Crippen LogP contribution in [0.15, 0.2) is 6.07 Å². The topological polar surface area (TPSA) is 40.5 Å². The summed E-state index contributed by atoms with van der Waals surface area (Å²) in [7, 11) is 0. The molecule has 0 atom stereocenters. The average Bonchev–Trinajstić information content (AvgIpc) is 2.06. The third kappa shape index (κ3) is 1.69. The van der Waals surface area contributed by atoms with Crippen LogP contribution in [-0.4, -0.2) is 10.2 Å². The van der Waals surface area contributed by atoms with Crippen molar-refractivity contribution in [3.8, 4) is 11.5 Å². The highest BCUT2D eigenvalue weighted by Crippen LogP contribution is 2.37. The molecule has 78 valence electrons. The van der Waals surface area contributed by atoms with Crippen molar-refractivity contribution >= 4 is 0 Å². The van der Waals surface area contributed by atoms with Crippen molar-refractivity contribution in [3.05, 3.63) is 22.8 Å². The molecule has 0 unspecified atom stereocenters. The minimum absolute atomic E-state index is 0.0628. The fourth-order valence-corrected chi connectivity index (χ4v) is 1.66. The Morgan fingerprint density at radius 1 is 1.00 bits per heavy atom. The summed E-state index contributed by atoms with van der Waals surface area (Å²) in [6.45, 7) is 9.77. The monoisotopic (exact) mass is 194 g/mol. The number of hydrogen-bond donors (Lipinski definition) is 2. The summed E-state index contributed by atoms with van der Waals surface area (Å²) < 4.78 is 0. The second-order valence-corrected chi connectivity index (χ2v) is 4.79. The van der Waals surface area contributed by atoms with Gasteiger partial charge in [-0.05, 0) is 36.5 Å². The van der Waals surface area contributed by atoms with Gasteiger partial charge in [-0.25, -0.2) is 0 Å². The van der Waals surface area contributed by atoms with Crippen LogP contribution in [0, 0.1) is 13.8 Å². The van der Waals surface area contributed by atoms with Gasteiger partial charge < -0.3 is 10.2 Å².